The molecule has 0 saturated carbocycles. The molecule has 5 rings (SSSR count). The van der Waals surface area contributed by atoms with Crippen LogP contribution in [-0.2, 0) is 5.60 Å². The first-order valence-corrected chi connectivity index (χ1v) is 9.47. The van der Waals surface area contributed by atoms with E-state index in [1.54, 1.807) is 12.1 Å². The third-order valence-electron chi connectivity index (χ3n) is 5.43. The molecule has 1 aliphatic heterocycles. The van der Waals surface area contributed by atoms with Crippen molar-refractivity contribution in [3.63, 3.8) is 0 Å². The number of fused-ring (bicyclic) bond motifs is 3. The molecule has 0 unspecified atom stereocenters. The standard InChI is InChI=1S/C26H18O3/c27-25(28)19-11-13-22-18(17-19)12-14-24-23(22)15-16-26(29-24,20-7-3-1-4-8-20)21-9-5-2-6-10-21/h1-17H,(H,27,28). The highest BCUT2D eigenvalue weighted by atomic mass is 16.5. The van der Waals surface area contributed by atoms with Crippen LogP contribution in [0.1, 0.15) is 27.0 Å². The van der Waals surface area contributed by atoms with Crippen LogP contribution in [0.5, 0.6) is 5.75 Å². The topological polar surface area (TPSA) is 46.5 Å². The normalized spacial score (nSPS) is 14.2. The Hall–Kier alpha value is -3.85. The van der Waals surface area contributed by atoms with Gasteiger partial charge < -0.3 is 9.84 Å². The van der Waals surface area contributed by atoms with E-state index in [0.29, 0.717) is 0 Å². The van der Waals surface area contributed by atoms with E-state index in [4.69, 9.17) is 4.74 Å². The first kappa shape index (κ1) is 17.3. The fourth-order valence-electron chi connectivity index (χ4n) is 3.98. The van der Waals surface area contributed by atoms with Crippen LogP contribution < -0.4 is 4.74 Å². The second-order valence-electron chi connectivity index (χ2n) is 7.12. The number of benzene rings is 4. The van der Waals surface area contributed by atoms with Gasteiger partial charge in [0.15, 0.2) is 5.60 Å². The Bertz CT molecular complexity index is 1200. The lowest BCUT2D eigenvalue weighted by molar-refractivity contribution is 0.0697. The van der Waals surface area contributed by atoms with Gasteiger partial charge in [-0.25, -0.2) is 4.79 Å². The molecule has 0 saturated heterocycles. The second kappa shape index (κ2) is 6.64. The highest BCUT2D eigenvalue weighted by Gasteiger charge is 2.37. The van der Waals surface area contributed by atoms with Crippen molar-refractivity contribution >= 4 is 22.8 Å². The molecule has 0 bridgehead atoms. The van der Waals surface area contributed by atoms with Crippen LogP contribution in [0.2, 0.25) is 0 Å². The molecule has 29 heavy (non-hydrogen) atoms. The van der Waals surface area contributed by atoms with Gasteiger partial charge in [-0.15, -0.1) is 0 Å². The number of hydrogen-bond donors (Lipinski definition) is 1. The average molecular weight is 378 g/mol. The van der Waals surface area contributed by atoms with Gasteiger partial charge in [-0.05, 0) is 41.1 Å². The molecule has 0 aliphatic carbocycles. The van der Waals surface area contributed by atoms with Gasteiger partial charge in [-0.1, -0.05) is 72.8 Å². The van der Waals surface area contributed by atoms with Crippen molar-refractivity contribution < 1.29 is 14.6 Å². The van der Waals surface area contributed by atoms with Crippen molar-refractivity contribution in [1.29, 1.82) is 0 Å². The zero-order valence-electron chi connectivity index (χ0n) is 15.6. The lowest BCUT2D eigenvalue weighted by atomic mass is 9.83. The number of hydrogen-bond acceptors (Lipinski definition) is 2. The van der Waals surface area contributed by atoms with E-state index < -0.39 is 11.6 Å². The predicted octanol–water partition coefficient (Wildman–Crippen LogP) is 5.89. The molecule has 0 spiro atoms. The molecule has 0 atom stereocenters. The Morgan fingerprint density at radius 2 is 1.45 bits per heavy atom. The van der Waals surface area contributed by atoms with Crippen molar-refractivity contribution in [3.05, 3.63) is 119 Å². The highest BCUT2D eigenvalue weighted by molar-refractivity contribution is 5.99. The summed E-state index contributed by atoms with van der Waals surface area (Å²) in [7, 11) is 0. The zero-order chi connectivity index (χ0) is 19.8. The van der Waals surface area contributed by atoms with Crippen molar-refractivity contribution in [2.75, 3.05) is 0 Å². The molecular weight excluding hydrogens is 360 g/mol. The summed E-state index contributed by atoms with van der Waals surface area (Å²) in [5, 5.41) is 11.1. The van der Waals surface area contributed by atoms with Crippen molar-refractivity contribution in [2.24, 2.45) is 0 Å². The maximum Gasteiger partial charge on any atom is 0.335 e. The van der Waals surface area contributed by atoms with E-state index in [1.807, 2.05) is 54.6 Å². The first-order chi connectivity index (χ1) is 14.2. The van der Waals surface area contributed by atoms with E-state index in [2.05, 4.69) is 36.4 Å². The molecule has 3 nitrogen and oxygen atoms in total. The van der Waals surface area contributed by atoms with E-state index in [0.717, 1.165) is 33.2 Å². The van der Waals surface area contributed by atoms with Gasteiger partial charge in [-0.2, -0.15) is 0 Å². The van der Waals surface area contributed by atoms with Crippen LogP contribution in [0.3, 0.4) is 0 Å². The minimum atomic E-state index is -0.927. The van der Waals surface area contributed by atoms with Gasteiger partial charge in [0.1, 0.15) is 5.75 Å². The molecule has 3 heteroatoms. The third-order valence-corrected chi connectivity index (χ3v) is 5.43. The largest absolute Gasteiger partial charge is 0.478 e. The number of aromatic carboxylic acids is 1. The van der Waals surface area contributed by atoms with Crippen LogP contribution in [0.15, 0.2) is 97.1 Å². The van der Waals surface area contributed by atoms with Gasteiger partial charge in [0.25, 0.3) is 0 Å². The van der Waals surface area contributed by atoms with Gasteiger partial charge in [0.05, 0.1) is 5.56 Å². The summed E-state index contributed by atoms with van der Waals surface area (Å²) in [6.45, 7) is 0. The summed E-state index contributed by atoms with van der Waals surface area (Å²) in [5.74, 6) is -0.153. The van der Waals surface area contributed by atoms with Gasteiger partial charge in [-0.3, -0.25) is 0 Å². The number of ether oxygens (including phenoxy) is 1. The fourth-order valence-corrected chi connectivity index (χ4v) is 3.98. The molecule has 0 amide bonds. The first-order valence-electron chi connectivity index (χ1n) is 9.47. The SMILES string of the molecule is O=C(O)c1ccc2c3c(ccc2c1)OC(c1ccccc1)(c1ccccc1)C=C3. The lowest BCUT2D eigenvalue weighted by Gasteiger charge is -2.36. The summed E-state index contributed by atoms with van der Waals surface area (Å²) < 4.78 is 6.67. The van der Waals surface area contributed by atoms with Crippen LogP contribution >= 0.6 is 0 Å². The Morgan fingerprint density at radius 1 is 0.793 bits per heavy atom. The van der Waals surface area contributed by atoms with Crippen LogP contribution in [0, 0.1) is 0 Å². The molecule has 1 heterocycles. The minimum Gasteiger partial charge on any atom is -0.478 e. The summed E-state index contributed by atoms with van der Waals surface area (Å²) in [6, 6.07) is 29.4. The summed E-state index contributed by atoms with van der Waals surface area (Å²) in [4.78, 5) is 11.3. The fraction of sp³-hybridized carbons (Fsp3) is 0.0385. The molecule has 1 aliphatic rings. The van der Waals surface area contributed by atoms with Crippen LogP contribution in [0.4, 0.5) is 0 Å². The Morgan fingerprint density at radius 3 is 2.07 bits per heavy atom. The van der Waals surface area contributed by atoms with E-state index in [1.165, 1.54) is 0 Å². The Kier molecular flexibility index (Phi) is 3.95. The molecule has 0 fully saturated rings. The third kappa shape index (κ3) is 2.79. The summed E-state index contributed by atoms with van der Waals surface area (Å²) in [6.07, 6.45) is 4.17. The second-order valence-corrected chi connectivity index (χ2v) is 7.12. The van der Waals surface area contributed by atoms with Gasteiger partial charge in [0, 0.05) is 16.7 Å². The molecular formula is C26H18O3. The number of carbonyl (C=O) groups is 1. The Balaban J connectivity index is 1.70. The van der Waals surface area contributed by atoms with Crippen LogP contribution in [0.25, 0.3) is 16.8 Å². The molecule has 4 aromatic carbocycles. The van der Waals surface area contributed by atoms with Crippen molar-refractivity contribution in [3.8, 4) is 5.75 Å². The Labute approximate surface area is 168 Å². The zero-order valence-corrected chi connectivity index (χ0v) is 15.6. The quantitative estimate of drug-likeness (QED) is 0.484. The van der Waals surface area contributed by atoms with Gasteiger partial charge >= 0.3 is 5.97 Å². The average Bonchev–Trinajstić information content (AvgIpc) is 2.79. The molecule has 0 radical (unpaired) electrons. The monoisotopic (exact) mass is 378 g/mol. The smallest absolute Gasteiger partial charge is 0.335 e. The summed E-state index contributed by atoms with van der Waals surface area (Å²) in [5.41, 5.74) is 2.62. The lowest BCUT2D eigenvalue weighted by Crippen LogP contribution is -2.34. The highest BCUT2D eigenvalue weighted by Crippen LogP contribution is 2.44. The molecule has 0 aromatic heterocycles. The molecule has 1 N–H and O–H groups in total. The molecule has 4 aromatic rings. The summed E-state index contributed by atoms with van der Waals surface area (Å²) >= 11 is 0. The van der Waals surface area contributed by atoms with E-state index in [-0.39, 0.29) is 5.56 Å². The number of carboxylic acid groups (broad SMARTS) is 1. The minimum absolute atomic E-state index is 0.279. The maximum atomic E-state index is 11.3. The molecule has 140 valence electrons. The van der Waals surface area contributed by atoms with Crippen molar-refractivity contribution in [2.45, 2.75) is 5.60 Å². The van der Waals surface area contributed by atoms with E-state index in [9.17, 15) is 9.90 Å². The van der Waals surface area contributed by atoms with Crippen LogP contribution in [-0.4, -0.2) is 11.1 Å². The van der Waals surface area contributed by atoms with Crippen molar-refractivity contribution in [1.82, 2.24) is 0 Å². The number of carboxylic acids is 1. The van der Waals surface area contributed by atoms with Gasteiger partial charge in [0.2, 0.25) is 0 Å². The maximum absolute atomic E-state index is 11.3. The number of rotatable bonds is 3. The van der Waals surface area contributed by atoms with E-state index >= 15 is 0 Å². The predicted molar refractivity (Wildman–Crippen MR) is 114 cm³/mol.